The molecule has 0 fully saturated rings. The van der Waals surface area contributed by atoms with E-state index in [4.69, 9.17) is 74.5 Å². The van der Waals surface area contributed by atoms with E-state index in [9.17, 15) is 0 Å². The van der Waals surface area contributed by atoms with Crippen LogP contribution in [0.5, 0.6) is 0 Å². The number of rotatable bonds is 0. The summed E-state index contributed by atoms with van der Waals surface area (Å²) in [5, 5.41) is 0. The summed E-state index contributed by atoms with van der Waals surface area (Å²) in [7, 11) is -18.8. The summed E-state index contributed by atoms with van der Waals surface area (Å²) in [6.45, 7) is 0. The van der Waals surface area contributed by atoms with E-state index in [0.717, 1.165) is 0 Å². The van der Waals surface area contributed by atoms with E-state index in [1.165, 1.54) is 0 Å². The zero-order valence-corrected chi connectivity index (χ0v) is 18.3. The van der Waals surface area contributed by atoms with E-state index in [1.54, 1.807) is 0 Å². The van der Waals surface area contributed by atoms with Gasteiger partial charge in [0.1, 0.15) is 0 Å². The minimum absolute atomic E-state index is 0. The van der Waals surface area contributed by atoms with Crippen LogP contribution in [0.2, 0.25) is 0 Å². The van der Waals surface area contributed by atoms with Gasteiger partial charge in [-0.15, -0.1) is 0 Å². The van der Waals surface area contributed by atoms with Crippen LogP contribution in [0.25, 0.3) is 0 Å². The molecule has 0 aliphatic carbocycles. The molecule has 0 heterocycles. The predicted octanol–water partition coefficient (Wildman–Crippen LogP) is -19.4. The first kappa shape index (κ1) is 39.9. The molecule has 0 unspecified atom stereocenters. The second-order valence-electron chi connectivity index (χ2n) is 1.58. The Hall–Kier alpha value is 3.04. The molecule has 0 saturated heterocycles. The summed E-state index contributed by atoms with van der Waals surface area (Å²) >= 11 is 0. The first-order chi connectivity index (χ1) is 8.00. The van der Waals surface area contributed by atoms with Gasteiger partial charge in [0.05, 0.1) is 59.6 Å². The summed E-state index contributed by atoms with van der Waals surface area (Å²) in [4.78, 5) is 0. The fourth-order valence-corrected chi connectivity index (χ4v) is 0. The van der Waals surface area contributed by atoms with Gasteiger partial charge < -0.3 is 1.43 Å². The molecule has 22 heteroatoms. The molecule has 0 aromatic heterocycles. The standard InChI is InChI=1S/4ClHO4.K.Zr.H/c4*2-1(3,4)5;;;/h4*(H,2,3,4,5);;;/q;;;;+1;;-1. The van der Waals surface area contributed by atoms with Gasteiger partial charge in [-0.25, -0.2) is 0 Å². The van der Waals surface area contributed by atoms with Gasteiger partial charge in [-0.2, -0.15) is 55.9 Å². The summed E-state index contributed by atoms with van der Waals surface area (Å²) in [5.74, 6) is 0. The van der Waals surface area contributed by atoms with Crippen LogP contribution >= 0.6 is 0 Å². The topological polar surface area (TPSA) is 358 Å². The fraction of sp³-hybridized carbons (Fsp3) is 0. The van der Waals surface area contributed by atoms with Gasteiger partial charge in [-0.1, -0.05) is 0 Å². The monoisotopic (exact) mass is 530 g/mol. The first-order valence-electron chi connectivity index (χ1n) is 2.53. The van der Waals surface area contributed by atoms with Crippen molar-refractivity contribution < 1.29 is 195 Å². The summed E-state index contributed by atoms with van der Waals surface area (Å²) < 4.78 is 131. The van der Waals surface area contributed by atoms with Crippen LogP contribution in [0.4, 0.5) is 0 Å². The molecule has 0 aromatic carbocycles. The Kier molecular flexibility index (Phi) is 31.7. The predicted molar refractivity (Wildman–Crippen MR) is 9.99 cm³/mol. The van der Waals surface area contributed by atoms with Crippen molar-refractivity contribution in [3.8, 4) is 0 Å². The Labute approximate surface area is 192 Å². The fourth-order valence-electron chi connectivity index (χ4n) is 0. The molecule has 0 saturated carbocycles. The zero-order valence-electron chi connectivity index (χ0n) is 10.7. The summed E-state index contributed by atoms with van der Waals surface area (Å²) in [6.07, 6.45) is 0. The smallest absolute Gasteiger partial charge is 1.00 e. The summed E-state index contributed by atoms with van der Waals surface area (Å²) in [5.41, 5.74) is 0. The van der Waals surface area contributed by atoms with Gasteiger partial charge in [0.15, 0.2) is 0 Å². The molecule has 16 nitrogen and oxygen atoms in total. The zero-order chi connectivity index (χ0) is 18.0. The molecule has 0 amide bonds. The number of hydrogen-bond acceptors (Lipinski definition) is 16. The van der Waals surface area contributed by atoms with Crippen LogP contribution in [-0.2, 0) is 26.2 Å². The summed E-state index contributed by atoms with van der Waals surface area (Å²) in [6, 6.07) is 0. The maximum atomic E-state index is 8.60. The molecule has 22 heavy (non-hydrogen) atoms. The van der Waals surface area contributed by atoms with Crippen molar-refractivity contribution in [3.63, 3.8) is 0 Å². The second-order valence-corrected chi connectivity index (χ2v) is 4.75. The number of halogens is 4. The van der Waals surface area contributed by atoms with Crippen molar-refractivity contribution in [1.82, 2.24) is 0 Å². The van der Waals surface area contributed by atoms with Crippen molar-refractivity contribution in [1.29, 1.82) is 0 Å². The van der Waals surface area contributed by atoms with Crippen molar-refractivity contribution >= 4 is 0 Å². The van der Waals surface area contributed by atoms with E-state index < -0.39 is 41.0 Å². The third-order valence-electron chi connectivity index (χ3n) is 0. The Morgan fingerprint density at radius 1 is 0.409 bits per heavy atom. The van der Waals surface area contributed by atoms with Crippen molar-refractivity contribution in [2.75, 3.05) is 0 Å². The third-order valence-corrected chi connectivity index (χ3v) is 0. The molecule has 0 atom stereocenters. The Bertz CT molecular complexity index is 142. The van der Waals surface area contributed by atoms with Crippen molar-refractivity contribution in [2.24, 2.45) is 0 Å². The normalized spacial score (nSPS) is 10.9. The van der Waals surface area contributed by atoms with Crippen molar-refractivity contribution in [2.45, 2.75) is 0 Å². The average molecular weight is 533 g/mol. The first-order valence-corrected chi connectivity index (χ1v) is 7.58. The van der Waals surface area contributed by atoms with Crippen LogP contribution in [0.3, 0.4) is 0 Å². The van der Waals surface area contributed by atoms with Crippen molar-refractivity contribution in [3.05, 3.63) is 0 Å². The third kappa shape index (κ3) is 1210. The van der Waals surface area contributed by atoms with Crippen LogP contribution in [0, 0.1) is 41.0 Å². The van der Waals surface area contributed by atoms with Gasteiger partial charge in [-0.3, -0.25) is 0 Å². The van der Waals surface area contributed by atoms with Gasteiger partial charge >= 0.3 is 51.4 Å². The van der Waals surface area contributed by atoms with Crippen LogP contribution in [0.15, 0.2) is 0 Å². The Morgan fingerprint density at radius 3 is 0.409 bits per heavy atom. The van der Waals surface area contributed by atoms with Gasteiger partial charge in [-0.05, 0) is 0 Å². The Balaban J connectivity index is -0.0000000284. The largest absolute Gasteiger partial charge is 1.00 e. The maximum Gasteiger partial charge on any atom is 1.00 e. The molecule has 0 aliphatic heterocycles. The molecular formula is H5Cl4KO16Zr. The van der Waals surface area contributed by atoms with E-state index in [2.05, 4.69) is 0 Å². The van der Waals surface area contributed by atoms with Gasteiger partial charge in [0.25, 0.3) is 0 Å². The molecule has 4 N–H and O–H groups in total. The van der Waals surface area contributed by atoms with Gasteiger partial charge in [0.2, 0.25) is 0 Å². The quantitative estimate of drug-likeness (QED) is 0.210. The van der Waals surface area contributed by atoms with Crippen LogP contribution in [0.1, 0.15) is 1.43 Å². The minimum Gasteiger partial charge on any atom is -1.00 e. The minimum atomic E-state index is -4.69. The molecule has 134 valence electrons. The molecule has 0 aliphatic rings. The molecule has 0 radical (unpaired) electrons. The molecule has 0 bridgehead atoms. The molecule has 0 spiro atoms. The van der Waals surface area contributed by atoms with Crippen LogP contribution in [-0.4, -0.2) is 18.6 Å². The Morgan fingerprint density at radius 2 is 0.409 bits per heavy atom. The van der Waals surface area contributed by atoms with E-state index >= 15 is 0 Å². The van der Waals surface area contributed by atoms with E-state index in [1.807, 2.05) is 0 Å². The van der Waals surface area contributed by atoms with E-state index in [0.29, 0.717) is 0 Å². The van der Waals surface area contributed by atoms with Crippen LogP contribution < -0.4 is 107 Å². The average Bonchev–Trinajstić information content (AvgIpc) is 1.62. The molecule has 0 aromatic rings. The maximum absolute atomic E-state index is 8.60. The second kappa shape index (κ2) is 17.5. The SMILES string of the molecule is [H-].[K+].[O-][Cl+3]([O-])([O-])O.[O-][Cl+3]([O-])([O-])O.[O-][Cl+3]([O-])([O-])O.[O-][Cl+3]([O-])([O-])O.[Zr]. The number of hydrogen-bond donors (Lipinski definition) is 4. The van der Waals surface area contributed by atoms with E-state index in [-0.39, 0.29) is 79.0 Å². The van der Waals surface area contributed by atoms with Gasteiger partial charge in [0, 0.05) is 26.2 Å². The molecule has 0 rings (SSSR count). The molecular weight excluding hydrogens is 528 g/mol.